The molecule has 1 aromatic rings. The first kappa shape index (κ1) is 14.3. The van der Waals surface area contributed by atoms with E-state index in [9.17, 15) is 13.6 Å². The molecule has 0 saturated heterocycles. The number of carbonyl (C=O) groups is 1. The Balaban J connectivity index is 2.44. The molecule has 0 spiro atoms. The van der Waals surface area contributed by atoms with Crippen molar-refractivity contribution in [1.29, 1.82) is 0 Å². The molecule has 2 nitrogen and oxygen atoms in total. The number of hydrogen-bond acceptors (Lipinski definition) is 2. The molecule has 0 aromatic heterocycles. The lowest BCUT2D eigenvalue weighted by atomic mass is 10.2. The number of carbonyl (C=O) groups excluding carboxylic acids is 1. The Hall–Kier alpha value is -0.750. The van der Waals surface area contributed by atoms with E-state index in [2.05, 4.69) is 20.7 Å². The van der Waals surface area contributed by atoms with Crippen molar-refractivity contribution in [3.63, 3.8) is 0 Å². The molecule has 92 valence electrons. The summed E-state index contributed by atoms with van der Waals surface area (Å²) >= 11 is 5.21. The summed E-state index contributed by atoms with van der Waals surface area (Å²) in [5.74, 6) is -1.60. The molecule has 0 aliphatic carbocycles. The van der Waals surface area contributed by atoms with Gasteiger partial charge in [-0.15, -0.1) is 0 Å². The molecule has 1 aromatic carbocycles. The first-order chi connectivity index (χ1) is 7.89. The van der Waals surface area contributed by atoms with Gasteiger partial charge in [0.2, 0.25) is 0 Å². The van der Waals surface area contributed by atoms with Crippen LogP contribution in [-0.2, 0) is 9.53 Å². The first-order valence-electron chi connectivity index (χ1n) is 4.55. The van der Waals surface area contributed by atoms with Crippen LogP contribution in [0.5, 0.6) is 0 Å². The Kier molecular flexibility index (Phi) is 5.27. The van der Waals surface area contributed by atoms with Crippen LogP contribution in [0.25, 0.3) is 6.08 Å². The summed E-state index contributed by atoms with van der Waals surface area (Å²) in [6.45, 7) is -0.202. The van der Waals surface area contributed by atoms with Crippen LogP contribution in [0.3, 0.4) is 0 Å². The number of halogens is 4. The minimum Gasteiger partial charge on any atom is -0.456 e. The van der Waals surface area contributed by atoms with Crippen LogP contribution >= 0.6 is 31.9 Å². The van der Waals surface area contributed by atoms with E-state index in [1.165, 1.54) is 6.08 Å². The summed E-state index contributed by atoms with van der Waals surface area (Å²) in [6.07, 6.45) is 3.16. The van der Waals surface area contributed by atoms with Crippen LogP contribution in [0.1, 0.15) is 5.56 Å². The summed E-state index contributed by atoms with van der Waals surface area (Å²) in [7, 11) is 0. The third-order valence-electron chi connectivity index (χ3n) is 1.70. The molecule has 0 aliphatic heterocycles. The van der Waals surface area contributed by atoms with Gasteiger partial charge in [-0.2, -0.15) is 8.78 Å². The predicted octanol–water partition coefficient (Wildman–Crippen LogP) is 3.99. The van der Waals surface area contributed by atoms with Crippen LogP contribution < -0.4 is 0 Å². The van der Waals surface area contributed by atoms with Gasteiger partial charge in [-0.25, -0.2) is 4.79 Å². The van der Waals surface area contributed by atoms with Crippen molar-refractivity contribution < 1.29 is 18.3 Å². The zero-order valence-corrected chi connectivity index (χ0v) is 11.7. The summed E-state index contributed by atoms with van der Waals surface area (Å²) < 4.78 is 29.9. The Morgan fingerprint density at radius 3 is 2.76 bits per heavy atom. The summed E-state index contributed by atoms with van der Waals surface area (Å²) in [5.41, 5.74) is 0.876. The molecule has 0 heterocycles. The number of benzene rings is 1. The number of ether oxygens (including phenoxy) is 1. The Morgan fingerprint density at radius 1 is 1.47 bits per heavy atom. The lowest BCUT2D eigenvalue weighted by Crippen LogP contribution is -2.23. The Labute approximate surface area is 114 Å². The molecule has 0 atom stereocenters. The minimum atomic E-state index is -3.63. The zero-order chi connectivity index (χ0) is 12.9. The molecule has 17 heavy (non-hydrogen) atoms. The predicted molar refractivity (Wildman–Crippen MR) is 68.0 cm³/mol. The summed E-state index contributed by atoms with van der Waals surface area (Å²) in [4.78, 5) is 7.04. The van der Waals surface area contributed by atoms with Crippen LogP contribution in [-0.4, -0.2) is 17.4 Å². The van der Waals surface area contributed by atoms with Gasteiger partial charge in [0.25, 0.3) is 0 Å². The van der Waals surface area contributed by atoms with Crippen LogP contribution in [0.15, 0.2) is 34.8 Å². The molecule has 0 unspecified atom stereocenters. The highest BCUT2D eigenvalue weighted by molar-refractivity contribution is 9.10. The fraction of sp³-hybridized carbons (Fsp3) is 0.182. The number of hydrogen-bond donors (Lipinski definition) is 0. The normalized spacial score (nSPS) is 11.8. The second-order valence-electron chi connectivity index (χ2n) is 3.05. The van der Waals surface area contributed by atoms with E-state index in [1.807, 2.05) is 40.2 Å². The zero-order valence-electron chi connectivity index (χ0n) is 8.50. The summed E-state index contributed by atoms with van der Waals surface area (Å²) in [5, 5.41) is 0. The van der Waals surface area contributed by atoms with E-state index >= 15 is 0 Å². The molecule has 0 N–H and O–H groups in total. The number of rotatable bonds is 4. The largest absolute Gasteiger partial charge is 0.456 e. The third-order valence-corrected chi connectivity index (χ3v) is 2.52. The monoisotopic (exact) mass is 368 g/mol. The maximum absolute atomic E-state index is 12.3. The molecule has 0 fully saturated rings. The maximum atomic E-state index is 12.3. The van der Waals surface area contributed by atoms with E-state index < -0.39 is 10.8 Å². The van der Waals surface area contributed by atoms with Crippen molar-refractivity contribution in [2.45, 2.75) is 4.83 Å². The Morgan fingerprint density at radius 2 is 2.18 bits per heavy atom. The van der Waals surface area contributed by atoms with E-state index in [1.54, 1.807) is 6.08 Å². The van der Waals surface area contributed by atoms with E-state index in [0.29, 0.717) is 0 Å². The standard InChI is InChI=1S/C11H8Br2F2O2/c12-9-5-1-3-8(7-9)4-2-6-17-10(16)11(13,14)15/h1-5,7H,6H2/b4-2+. The third kappa shape index (κ3) is 5.41. The van der Waals surface area contributed by atoms with Crippen LogP contribution in [0.2, 0.25) is 0 Å². The lowest BCUT2D eigenvalue weighted by Gasteiger charge is -2.06. The van der Waals surface area contributed by atoms with Crippen molar-refractivity contribution >= 4 is 43.9 Å². The van der Waals surface area contributed by atoms with Gasteiger partial charge in [-0.3, -0.25) is 0 Å². The second-order valence-corrected chi connectivity index (χ2v) is 4.97. The van der Waals surface area contributed by atoms with Gasteiger partial charge in [-0.05, 0) is 23.8 Å². The molecule has 6 heteroatoms. The van der Waals surface area contributed by atoms with Crippen LogP contribution in [0.4, 0.5) is 8.78 Å². The highest BCUT2D eigenvalue weighted by Gasteiger charge is 2.36. The molecule has 1 rings (SSSR count). The minimum absolute atomic E-state index is 0.202. The van der Waals surface area contributed by atoms with Crippen molar-refractivity contribution in [2.24, 2.45) is 0 Å². The number of alkyl halides is 3. The topological polar surface area (TPSA) is 26.3 Å². The maximum Gasteiger partial charge on any atom is 0.396 e. The first-order valence-corrected chi connectivity index (χ1v) is 6.14. The molecule has 0 saturated carbocycles. The lowest BCUT2D eigenvalue weighted by molar-refractivity contribution is -0.157. The SMILES string of the molecule is O=C(OC/C=C/c1cccc(Br)c1)C(F)(F)Br. The number of esters is 1. The molecule has 0 amide bonds. The van der Waals surface area contributed by atoms with E-state index in [-0.39, 0.29) is 6.61 Å². The fourth-order valence-electron chi connectivity index (χ4n) is 1.00. The molecular formula is C11H8Br2F2O2. The van der Waals surface area contributed by atoms with Gasteiger partial charge in [-0.1, -0.05) is 34.1 Å². The van der Waals surface area contributed by atoms with Crippen molar-refractivity contribution in [2.75, 3.05) is 6.61 Å². The van der Waals surface area contributed by atoms with Crippen molar-refractivity contribution in [3.8, 4) is 0 Å². The highest BCUT2D eigenvalue weighted by Crippen LogP contribution is 2.22. The van der Waals surface area contributed by atoms with Gasteiger partial charge < -0.3 is 4.74 Å². The van der Waals surface area contributed by atoms with Gasteiger partial charge in [0.15, 0.2) is 0 Å². The van der Waals surface area contributed by atoms with Crippen molar-refractivity contribution in [1.82, 2.24) is 0 Å². The molecule has 0 aliphatic rings. The highest BCUT2D eigenvalue weighted by atomic mass is 79.9. The van der Waals surface area contributed by atoms with E-state index in [0.717, 1.165) is 10.0 Å². The van der Waals surface area contributed by atoms with Gasteiger partial charge in [0.1, 0.15) is 6.61 Å². The average molecular weight is 370 g/mol. The van der Waals surface area contributed by atoms with Gasteiger partial charge >= 0.3 is 10.8 Å². The fourth-order valence-corrected chi connectivity index (χ4v) is 1.53. The van der Waals surface area contributed by atoms with Gasteiger partial charge in [0.05, 0.1) is 0 Å². The molecule has 0 radical (unpaired) electrons. The molecule has 0 bridgehead atoms. The van der Waals surface area contributed by atoms with Gasteiger partial charge in [0, 0.05) is 20.4 Å². The average Bonchev–Trinajstić information content (AvgIpc) is 2.23. The Bertz CT molecular complexity index is 428. The second kappa shape index (κ2) is 6.26. The quantitative estimate of drug-likeness (QED) is 0.592. The van der Waals surface area contributed by atoms with Crippen molar-refractivity contribution in [3.05, 3.63) is 40.4 Å². The van der Waals surface area contributed by atoms with Crippen LogP contribution in [0, 0.1) is 0 Å². The summed E-state index contributed by atoms with van der Waals surface area (Å²) in [6, 6.07) is 7.38. The van der Waals surface area contributed by atoms with E-state index in [4.69, 9.17) is 0 Å². The molecular weight excluding hydrogens is 362 g/mol. The smallest absolute Gasteiger partial charge is 0.396 e.